The van der Waals surface area contributed by atoms with E-state index in [1.165, 1.54) is 0 Å². The van der Waals surface area contributed by atoms with Crippen LogP contribution in [-0.4, -0.2) is 12.0 Å². The Kier molecular flexibility index (Phi) is 6.00. The van der Waals surface area contributed by atoms with Gasteiger partial charge in [0.2, 0.25) is 5.91 Å². The molecule has 1 N–H and O–H groups in total. The number of carbonyl (C=O) groups excluding carboxylic acids is 1. The van der Waals surface area contributed by atoms with Gasteiger partial charge in [-0.3, -0.25) is 4.79 Å². The Morgan fingerprint density at radius 2 is 1.85 bits per heavy atom. The lowest BCUT2D eigenvalue weighted by molar-refractivity contribution is -0.130. The first-order chi connectivity index (χ1) is 12.5. The molecule has 1 amide bonds. The van der Waals surface area contributed by atoms with E-state index in [0.29, 0.717) is 18.2 Å². The van der Waals surface area contributed by atoms with Gasteiger partial charge in [-0.05, 0) is 55.5 Å². The number of carbonyl (C=O) groups is 1. The largest absolute Gasteiger partial charge is 0.374 e. The van der Waals surface area contributed by atoms with Gasteiger partial charge in [0.05, 0.1) is 18.1 Å². The van der Waals surface area contributed by atoms with Crippen LogP contribution in [0.15, 0.2) is 48.5 Å². The number of halogens is 1. The molecule has 3 nitrogen and oxygen atoms in total. The number of amides is 1. The molecule has 0 bridgehead atoms. The van der Waals surface area contributed by atoms with Gasteiger partial charge in [-0.1, -0.05) is 54.4 Å². The van der Waals surface area contributed by atoms with E-state index in [4.69, 9.17) is 16.3 Å². The van der Waals surface area contributed by atoms with Crippen molar-refractivity contribution >= 4 is 17.5 Å². The van der Waals surface area contributed by atoms with Crippen LogP contribution in [-0.2, 0) is 28.1 Å². The molecule has 26 heavy (non-hydrogen) atoms. The van der Waals surface area contributed by atoms with Crippen molar-refractivity contribution in [1.82, 2.24) is 5.32 Å². The minimum absolute atomic E-state index is 0.106. The second-order valence-corrected chi connectivity index (χ2v) is 7.74. The first kappa shape index (κ1) is 18.9. The quantitative estimate of drug-likeness (QED) is 0.743. The van der Waals surface area contributed by atoms with E-state index in [2.05, 4.69) is 17.4 Å². The van der Waals surface area contributed by atoms with Crippen LogP contribution in [0.3, 0.4) is 0 Å². The summed E-state index contributed by atoms with van der Waals surface area (Å²) in [5.41, 5.74) is 2.88. The van der Waals surface area contributed by atoms with Crippen LogP contribution in [0.25, 0.3) is 0 Å². The third-order valence-corrected chi connectivity index (χ3v) is 5.32. The highest BCUT2D eigenvalue weighted by Crippen LogP contribution is 2.44. The maximum Gasteiger partial charge on any atom is 0.230 e. The van der Waals surface area contributed by atoms with Crippen molar-refractivity contribution < 1.29 is 9.53 Å². The molecule has 1 aliphatic carbocycles. The highest BCUT2D eigenvalue weighted by molar-refractivity contribution is 6.30. The molecule has 1 saturated carbocycles. The Morgan fingerprint density at radius 3 is 2.46 bits per heavy atom. The SMILES string of the molecule is CC(C)OCc1cccc(CNC(=O)C2(c3ccc(Cl)cc3)CCC2)c1. The molecular formula is C22H26ClNO2. The fourth-order valence-corrected chi connectivity index (χ4v) is 3.52. The summed E-state index contributed by atoms with van der Waals surface area (Å²) in [6.07, 6.45) is 3.07. The number of hydrogen-bond acceptors (Lipinski definition) is 2. The molecule has 0 aliphatic heterocycles. The van der Waals surface area contributed by atoms with Gasteiger partial charge in [0.25, 0.3) is 0 Å². The Labute approximate surface area is 160 Å². The molecule has 1 fully saturated rings. The van der Waals surface area contributed by atoms with Crippen LogP contribution in [0.2, 0.25) is 5.02 Å². The third kappa shape index (κ3) is 4.28. The van der Waals surface area contributed by atoms with E-state index in [-0.39, 0.29) is 12.0 Å². The Balaban J connectivity index is 1.64. The average molecular weight is 372 g/mol. The molecule has 3 rings (SSSR count). The molecule has 2 aromatic carbocycles. The smallest absolute Gasteiger partial charge is 0.230 e. The van der Waals surface area contributed by atoms with Crippen LogP contribution in [0.1, 0.15) is 49.8 Å². The van der Waals surface area contributed by atoms with Crippen LogP contribution >= 0.6 is 11.6 Å². The van der Waals surface area contributed by atoms with Crippen molar-refractivity contribution in [1.29, 1.82) is 0 Å². The molecule has 1 aliphatic rings. The third-order valence-electron chi connectivity index (χ3n) is 5.07. The monoisotopic (exact) mass is 371 g/mol. The van der Waals surface area contributed by atoms with Crippen molar-refractivity contribution in [2.24, 2.45) is 0 Å². The molecule has 0 unspecified atom stereocenters. The normalized spacial score (nSPS) is 15.5. The van der Waals surface area contributed by atoms with Crippen LogP contribution < -0.4 is 5.32 Å². The standard InChI is InChI=1S/C22H26ClNO2/c1-16(2)26-15-18-6-3-5-17(13-18)14-24-21(25)22(11-4-12-22)19-7-9-20(23)10-8-19/h3,5-10,13,16H,4,11-12,14-15H2,1-2H3,(H,24,25). The summed E-state index contributed by atoms with van der Waals surface area (Å²) in [5.74, 6) is 0.106. The molecular weight excluding hydrogens is 346 g/mol. The van der Waals surface area contributed by atoms with E-state index in [1.54, 1.807) is 0 Å². The predicted octanol–water partition coefficient (Wildman–Crippen LogP) is 5.00. The summed E-state index contributed by atoms with van der Waals surface area (Å²) in [5, 5.41) is 3.83. The number of ether oxygens (including phenoxy) is 1. The molecule has 0 radical (unpaired) electrons. The van der Waals surface area contributed by atoms with Gasteiger partial charge in [-0.2, -0.15) is 0 Å². The highest BCUT2D eigenvalue weighted by atomic mass is 35.5. The van der Waals surface area contributed by atoms with Gasteiger partial charge in [0.15, 0.2) is 0 Å². The summed E-state index contributed by atoms with van der Waals surface area (Å²) >= 11 is 5.99. The molecule has 0 atom stereocenters. The van der Waals surface area contributed by atoms with E-state index >= 15 is 0 Å². The molecule has 0 heterocycles. The zero-order chi connectivity index (χ0) is 18.6. The van der Waals surface area contributed by atoms with Gasteiger partial charge in [0, 0.05) is 11.6 Å². The first-order valence-corrected chi connectivity index (χ1v) is 9.61. The zero-order valence-corrected chi connectivity index (χ0v) is 16.2. The zero-order valence-electron chi connectivity index (χ0n) is 15.4. The lowest BCUT2D eigenvalue weighted by Gasteiger charge is -2.40. The Hall–Kier alpha value is -1.84. The van der Waals surface area contributed by atoms with E-state index < -0.39 is 5.41 Å². The maximum atomic E-state index is 12.9. The van der Waals surface area contributed by atoms with Crippen LogP contribution in [0.5, 0.6) is 0 Å². The van der Waals surface area contributed by atoms with Crippen molar-refractivity contribution in [3.63, 3.8) is 0 Å². The van der Waals surface area contributed by atoms with Gasteiger partial charge >= 0.3 is 0 Å². The Morgan fingerprint density at radius 1 is 1.15 bits per heavy atom. The summed E-state index contributed by atoms with van der Waals surface area (Å²) in [6, 6.07) is 15.9. The molecule has 2 aromatic rings. The fraction of sp³-hybridized carbons (Fsp3) is 0.409. The van der Waals surface area contributed by atoms with Crippen molar-refractivity contribution in [3.05, 3.63) is 70.2 Å². The van der Waals surface area contributed by atoms with E-state index in [0.717, 1.165) is 36.0 Å². The number of benzene rings is 2. The number of rotatable bonds is 7. The second kappa shape index (κ2) is 8.24. The maximum absolute atomic E-state index is 12.9. The van der Waals surface area contributed by atoms with Gasteiger partial charge in [-0.15, -0.1) is 0 Å². The summed E-state index contributed by atoms with van der Waals surface area (Å²) in [4.78, 5) is 12.9. The number of nitrogens with one attached hydrogen (secondary N) is 1. The molecule has 4 heteroatoms. The Bertz CT molecular complexity index is 751. The summed E-state index contributed by atoms with van der Waals surface area (Å²) < 4.78 is 5.66. The topological polar surface area (TPSA) is 38.3 Å². The lowest BCUT2D eigenvalue weighted by Crippen LogP contribution is -2.48. The molecule has 138 valence electrons. The average Bonchev–Trinajstić information content (AvgIpc) is 2.59. The molecule has 0 spiro atoms. The lowest BCUT2D eigenvalue weighted by atomic mass is 9.64. The van der Waals surface area contributed by atoms with Crippen LogP contribution in [0, 0.1) is 0 Å². The molecule has 0 saturated heterocycles. The van der Waals surface area contributed by atoms with E-state index in [9.17, 15) is 4.79 Å². The predicted molar refractivity (Wildman–Crippen MR) is 105 cm³/mol. The molecule has 0 aromatic heterocycles. The second-order valence-electron chi connectivity index (χ2n) is 7.30. The van der Waals surface area contributed by atoms with Crippen molar-refractivity contribution in [3.8, 4) is 0 Å². The van der Waals surface area contributed by atoms with Gasteiger partial charge < -0.3 is 10.1 Å². The fourth-order valence-electron chi connectivity index (χ4n) is 3.39. The summed E-state index contributed by atoms with van der Waals surface area (Å²) in [7, 11) is 0. The minimum Gasteiger partial charge on any atom is -0.374 e. The van der Waals surface area contributed by atoms with Crippen molar-refractivity contribution in [2.45, 2.75) is 57.8 Å². The summed E-state index contributed by atoms with van der Waals surface area (Å²) in [6.45, 7) is 5.18. The highest BCUT2D eigenvalue weighted by Gasteiger charge is 2.45. The van der Waals surface area contributed by atoms with E-state index in [1.807, 2.05) is 50.2 Å². The van der Waals surface area contributed by atoms with Crippen molar-refractivity contribution in [2.75, 3.05) is 0 Å². The first-order valence-electron chi connectivity index (χ1n) is 9.23. The van der Waals surface area contributed by atoms with Gasteiger partial charge in [-0.25, -0.2) is 0 Å². The van der Waals surface area contributed by atoms with Crippen LogP contribution in [0.4, 0.5) is 0 Å². The number of hydrogen-bond donors (Lipinski definition) is 1. The van der Waals surface area contributed by atoms with Gasteiger partial charge in [0.1, 0.15) is 0 Å². The minimum atomic E-state index is -0.400.